The molecule has 0 heterocycles. The van der Waals surface area contributed by atoms with E-state index in [0.717, 1.165) is 17.8 Å². The van der Waals surface area contributed by atoms with Gasteiger partial charge in [-0.2, -0.15) is 0 Å². The van der Waals surface area contributed by atoms with Crippen LogP contribution in [0.25, 0.3) is 0 Å². The maximum absolute atomic E-state index is 11.2. The minimum absolute atomic E-state index is 0.209. The molecule has 18 heavy (non-hydrogen) atoms. The van der Waals surface area contributed by atoms with Gasteiger partial charge in [0.05, 0.1) is 6.42 Å². The first-order chi connectivity index (χ1) is 8.58. The molecule has 0 saturated heterocycles. The van der Waals surface area contributed by atoms with Gasteiger partial charge in [-0.15, -0.1) is 0 Å². The van der Waals surface area contributed by atoms with Crippen molar-refractivity contribution in [3.8, 4) is 5.75 Å². The summed E-state index contributed by atoms with van der Waals surface area (Å²) in [5, 5.41) is 9.50. The Morgan fingerprint density at radius 1 is 1.56 bits per heavy atom. The Kier molecular flexibility index (Phi) is 5.41. The lowest BCUT2D eigenvalue weighted by Crippen LogP contribution is -2.30. The van der Waals surface area contributed by atoms with E-state index in [1.165, 1.54) is 0 Å². The van der Waals surface area contributed by atoms with E-state index in [9.17, 15) is 9.90 Å². The Morgan fingerprint density at radius 3 is 2.89 bits per heavy atom. The predicted octanol–water partition coefficient (Wildman–Crippen LogP) is 0.839. The summed E-state index contributed by atoms with van der Waals surface area (Å²) in [7, 11) is 0. The average Bonchev–Trinajstić information content (AvgIpc) is 2.34. The molecule has 6 heteroatoms. The smallest absolute Gasteiger partial charge is 0.328 e. The fourth-order valence-electron chi connectivity index (χ4n) is 1.73. The summed E-state index contributed by atoms with van der Waals surface area (Å²) in [6.45, 7) is 5.17. The molecule has 1 aromatic carbocycles. The topological polar surface area (TPSA) is 87.8 Å². The number of rotatable bonds is 6. The number of carbonyl (C=O) groups is 1. The van der Waals surface area contributed by atoms with Crippen LogP contribution in [0.15, 0.2) is 18.2 Å². The number of phenolic OH excluding ortho intramolecular Hbond substituents is 1. The molecule has 0 unspecified atom stereocenters. The van der Waals surface area contributed by atoms with Crippen molar-refractivity contribution >= 4 is 11.7 Å². The van der Waals surface area contributed by atoms with E-state index in [-0.39, 0.29) is 12.2 Å². The van der Waals surface area contributed by atoms with Crippen molar-refractivity contribution in [3.63, 3.8) is 0 Å². The highest BCUT2D eigenvalue weighted by Crippen LogP contribution is 2.24. The minimum atomic E-state index is -0.422. The lowest BCUT2D eigenvalue weighted by Gasteiger charge is -2.24. The zero-order chi connectivity index (χ0) is 13.5. The van der Waals surface area contributed by atoms with Crippen LogP contribution in [0.4, 0.5) is 5.69 Å². The largest absolute Gasteiger partial charge is 0.508 e. The molecule has 0 aliphatic heterocycles. The van der Waals surface area contributed by atoms with Gasteiger partial charge in [-0.25, -0.2) is 5.84 Å². The summed E-state index contributed by atoms with van der Waals surface area (Å²) in [4.78, 5) is 17.6. The molecule has 0 atom stereocenters. The summed E-state index contributed by atoms with van der Waals surface area (Å²) in [5.74, 6) is 4.67. The van der Waals surface area contributed by atoms with Gasteiger partial charge in [-0.05, 0) is 25.5 Å². The van der Waals surface area contributed by atoms with E-state index >= 15 is 0 Å². The summed E-state index contributed by atoms with van der Waals surface area (Å²) in [6.07, 6.45) is 0.215. The number of carbonyl (C=O) groups excluding carboxylic acids is 1. The second kappa shape index (κ2) is 6.83. The van der Waals surface area contributed by atoms with Crippen molar-refractivity contribution < 1.29 is 14.7 Å². The van der Waals surface area contributed by atoms with Crippen LogP contribution in [0.5, 0.6) is 5.75 Å². The fourth-order valence-corrected chi connectivity index (χ4v) is 1.73. The van der Waals surface area contributed by atoms with Gasteiger partial charge in [-0.3, -0.25) is 4.79 Å². The maximum Gasteiger partial charge on any atom is 0.328 e. The molecule has 0 aliphatic carbocycles. The van der Waals surface area contributed by atoms with Gasteiger partial charge in [0.15, 0.2) is 0 Å². The molecular weight excluding hydrogens is 234 g/mol. The van der Waals surface area contributed by atoms with E-state index in [2.05, 4.69) is 4.84 Å². The van der Waals surface area contributed by atoms with Crippen molar-refractivity contribution in [1.29, 1.82) is 0 Å². The average molecular weight is 253 g/mol. The Bertz CT molecular complexity index is 410. The summed E-state index contributed by atoms with van der Waals surface area (Å²) in [5.41, 5.74) is 3.81. The van der Waals surface area contributed by atoms with E-state index in [0.29, 0.717) is 6.54 Å². The third-order valence-corrected chi connectivity index (χ3v) is 2.67. The van der Waals surface area contributed by atoms with Gasteiger partial charge in [0.1, 0.15) is 5.75 Å². The fraction of sp³-hybridized carbons (Fsp3) is 0.417. The highest BCUT2D eigenvalue weighted by Gasteiger charge is 2.11. The van der Waals surface area contributed by atoms with Crippen molar-refractivity contribution in [2.45, 2.75) is 20.3 Å². The molecule has 0 bridgehead atoms. The monoisotopic (exact) mass is 253 g/mol. The first-order valence-electron chi connectivity index (χ1n) is 5.78. The number of phenols is 1. The number of benzene rings is 1. The molecule has 0 saturated carbocycles. The van der Waals surface area contributed by atoms with Crippen molar-refractivity contribution in [2.75, 3.05) is 18.0 Å². The Balaban J connectivity index is 2.71. The number of hydrogen-bond donors (Lipinski definition) is 3. The van der Waals surface area contributed by atoms with Gasteiger partial charge in [-0.1, -0.05) is 11.7 Å². The second-order valence-corrected chi connectivity index (χ2v) is 3.89. The molecule has 1 rings (SSSR count). The summed E-state index contributed by atoms with van der Waals surface area (Å²) in [6, 6.07) is 5.16. The van der Waals surface area contributed by atoms with Gasteiger partial charge >= 0.3 is 5.97 Å². The van der Waals surface area contributed by atoms with Crippen LogP contribution in [0.2, 0.25) is 0 Å². The molecule has 0 amide bonds. The van der Waals surface area contributed by atoms with Gasteiger partial charge < -0.3 is 14.8 Å². The third kappa shape index (κ3) is 3.90. The standard InChI is InChI=1S/C12H19N3O3/c1-3-15(7-6-12(17)18-14-13)11-8-10(16)5-4-9(11)2/h4-5,8,14,16H,3,6-7,13H2,1-2H3. The lowest BCUT2D eigenvalue weighted by atomic mass is 10.1. The summed E-state index contributed by atoms with van der Waals surface area (Å²) >= 11 is 0. The first kappa shape index (κ1) is 14.3. The molecule has 0 aliphatic rings. The van der Waals surface area contributed by atoms with Crippen LogP contribution in [0.3, 0.4) is 0 Å². The molecule has 0 spiro atoms. The number of nitrogens with one attached hydrogen (secondary N) is 1. The third-order valence-electron chi connectivity index (χ3n) is 2.67. The normalized spacial score (nSPS) is 10.2. The predicted molar refractivity (Wildman–Crippen MR) is 68.8 cm³/mol. The van der Waals surface area contributed by atoms with Crippen LogP contribution in [0.1, 0.15) is 18.9 Å². The van der Waals surface area contributed by atoms with Crippen molar-refractivity contribution in [1.82, 2.24) is 5.59 Å². The maximum atomic E-state index is 11.2. The second-order valence-electron chi connectivity index (χ2n) is 3.89. The SMILES string of the molecule is CCN(CCC(=O)ONN)c1cc(O)ccc1C. The number of hydrazine groups is 1. The number of aromatic hydroxyl groups is 1. The number of anilines is 1. The Hall–Kier alpha value is -1.79. The molecule has 100 valence electrons. The number of nitrogens with two attached hydrogens (primary N) is 1. The van der Waals surface area contributed by atoms with Crippen LogP contribution in [-0.2, 0) is 9.63 Å². The van der Waals surface area contributed by atoms with Gasteiger partial charge in [0.2, 0.25) is 0 Å². The lowest BCUT2D eigenvalue weighted by molar-refractivity contribution is -0.151. The first-order valence-corrected chi connectivity index (χ1v) is 5.78. The zero-order valence-corrected chi connectivity index (χ0v) is 10.6. The molecule has 1 aromatic rings. The highest BCUT2D eigenvalue weighted by atomic mass is 16.7. The van der Waals surface area contributed by atoms with E-state index in [4.69, 9.17) is 5.84 Å². The van der Waals surface area contributed by atoms with E-state index < -0.39 is 5.97 Å². The Labute approximate surface area is 106 Å². The van der Waals surface area contributed by atoms with E-state index in [1.54, 1.807) is 12.1 Å². The van der Waals surface area contributed by atoms with Crippen LogP contribution in [-0.4, -0.2) is 24.2 Å². The van der Waals surface area contributed by atoms with Crippen molar-refractivity contribution in [2.24, 2.45) is 5.84 Å². The van der Waals surface area contributed by atoms with Crippen LogP contribution >= 0.6 is 0 Å². The zero-order valence-electron chi connectivity index (χ0n) is 10.6. The van der Waals surface area contributed by atoms with Crippen LogP contribution in [0, 0.1) is 6.92 Å². The highest BCUT2D eigenvalue weighted by molar-refractivity contribution is 5.70. The van der Waals surface area contributed by atoms with Crippen molar-refractivity contribution in [3.05, 3.63) is 23.8 Å². The number of hydrogen-bond acceptors (Lipinski definition) is 6. The van der Waals surface area contributed by atoms with Gasteiger partial charge in [0.25, 0.3) is 0 Å². The Morgan fingerprint density at radius 2 is 2.28 bits per heavy atom. The van der Waals surface area contributed by atoms with Crippen LogP contribution < -0.4 is 16.3 Å². The molecule has 0 fully saturated rings. The molecular formula is C12H19N3O3. The van der Waals surface area contributed by atoms with E-state index in [1.807, 2.05) is 30.4 Å². The number of nitrogens with zero attached hydrogens (tertiary/aromatic N) is 1. The molecule has 0 aromatic heterocycles. The minimum Gasteiger partial charge on any atom is -0.508 e. The quantitative estimate of drug-likeness (QED) is 0.514. The molecule has 4 N–H and O–H groups in total. The molecule has 6 nitrogen and oxygen atoms in total. The number of aryl methyl sites for hydroxylation is 1. The molecule has 0 radical (unpaired) electrons. The van der Waals surface area contributed by atoms with Gasteiger partial charge in [0, 0.05) is 24.8 Å². The summed E-state index contributed by atoms with van der Waals surface area (Å²) < 4.78 is 0.